The van der Waals surface area contributed by atoms with E-state index in [4.69, 9.17) is 4.84 Å². The second-order valence-electron chi connectivity index (χ2n) is 8.79. The van der Waals surface area contributed by atoms with E-state index in [0.29, 0.717) is 45.6 Å². The first kappa shape index (κ1) is 27.7. The van der Waals surface area contributed by atoms with Crippen LogP contribution in [0.1, 0.15) is 44.3 Å². The van der Waals surface area contributed by atoms with Crippen molar-refractivity contribution in [3.63, 3.8) is 0 Å². The van der Waals surface area contributed by atoms with E-state index < -0.39 is 17.8 Å². The quantitative estimate of drug-likeness (QED) is 0.216. The minimum Gasteiger partial charge on any atom is -0.478 e. The first-order valence-electron chi connectivity index (χ1n) is 12.0. The zero-order valence-corrected chi connectivity index (χ0v) is 23.1. The van der Waals surface area contributed by atoms with Crippen molar-refractivity contribution >= 4 is 62.3 Å². The Kier molecular flexibility index (Phi) is 8.27. The van der Waals surface area contributed by atoms with Gasteiger partial charge in [-0.2, -0.15) is 0 Å². The van der Waals surface area contributed by atoms with Crippen molar-refractivity contribution in [2.24, 2.45) is 0 Å². The van der Waals surface area contributed by atoms with Crippen molar-refractivity contribution in [1.82, 2.24) is 5.06 Å². The minimum absolute atomic E-state index is 0.00797. The van der Waals surface area contributed by atoms with Gasteiger partial charge >= 0.3 is 5.97 Å². The van der Waals surface area contributed by atoms with Gasteiger partial charge < -0.3 is 10.4 Å². The number of hydrogen-bond donors (Lipinski definition) is 2. The van der Waals surface area contributed by atoms with E-state index in [2.05, 4.69) is 21.2 Å². The van der Waals surface area contributed by atoms with Crippen LogP contribution in [0.25, 0.3) is 11.3 Å². The molecule has 0 bridgehead atoms. The summed E-state index contributed by atoms with van der Waals surface area (Å²) < 4.78 is 0. The summed E-state index contributed by atoms with van der Waals surface area (Å²) in [6.07, 6.45) is 0. The highest BCUT2D eigenvalue weighted by molar-refractivity contribution is 9.09. The number of fused-ring (bicyclic) bond motifs is 1. The fourth-order valence-electron chi connectivity index (χ4n) is 4.34. The molecule has 10 heteroatoms. The van der Waals surface area contributed by atoms with Crippen molar-refractivity contribution < 1.29 is 29.1 Å². The number of carbonyl (C=O) groups excluding carboxylic acids is 3. The number of carbonyl (C=O) groups is 4. The summed E-state index contributed by atoms with van der Waals surface area (Å²) in [5.74, 6) is -2.56. The third kappa shape index (κ3) is 5.62. The molecule has 0 aliphatic carbocycles. The van der Waals surface area contributed by atoms with Crippen molar-refractivity contribution in [1.29, 1.82) is 0 Å². The van der Waals surface area contributed by atoms with Crippen LogP contribution in [0.4, 0.5) is 11.4 Å². The number of anilines is 2. The van der Waals surface area contributed by atoms with Gasteiger partial charge in [0.1, 0.15) is 0 Å². The number of carboxylic acids is 1. The molecule has 0 aromatic heterocycles. The average Bonchev–Trinajstić information content (AvgIpc) is 3.20. The van der Waals surface area contributed by atoms with Gasteiger partial charge in [-0.3, -0.25) is 19.2 Å². The predicted octanol–water partition coefficient (Wildman–Crippen LogP) is 4.97. The second kappa shape index (κ2) is 11.6. The maximum absolute atomic E-state index is 13.7. The maximum atomic E-state index is 13.7. The lowest BCUT2D eigenvalue weighted by atomic mass is 9.96. The standard InChI is InChI=1S/C29H26BrN3O6/c1-17-15-23-24(16-22(17)29(37)38)33(18(2)34)28(36)25(23)26(19-7-5-4-6-8-19)31-21-11-9-20(10-12-21)27(35)32(3)39-14-13-30/h4-12,15-16,31H,13-14H2,1-3H3,(H,37,38). The lowest BCUT2D eigenvalue weighted by Gasteiger charge is -2.17. The smallest absolute Gasteiger partial charge is 0.336 e. The molecule has 0 saturated heterocycles. The molecule has 0 radical (unpaired) electrons. The molecule has 0 fully saturated rings. The Hall–Kier alpha value is -4.28. The number of halogens is 1. The summed E-state index contributed by atoms with van der Waals surface area (Å²) in [6.45, 7) is 3.25. The van der Waals surface area contributed by atoms with Gasteiger partial charge in [-0.25, -0.2) is 14.8 Å². The summed E-state index contributed by atoms with van der Waals surface area (Å²) >= 11 is 3.26. The van der Waals surface area contributed by atoms with Crippen molar-refractivity contribution in [3.05, 3.63) is 94.5 Å². The molecule has 1 heterocycles. The molecule has 0 saturated carbocycles. The van der Waals surface area contributed by atoms with Crippen LogP contribution in [0.15, 0.2) is 66.7 Å². The third-order valence-electron chi connectivity index (χ3n) is 6.18. The van der Waals surface area contributed by atoms with Crippen LogP contribution in [0.3, 0.4) is 0 Å². The number of nitrogens with zero attached hydrogens (tertiary/aromatic N) is 2. The highest BCUT2D eigenvalue weighted by Gasteiger charge is 2.38. The van der Waals surface area contributed by atoms with Gasteiger partial charge in [0.2, 0.25) is 5.91 Å². The first-order valence-corrected chi connectivity index (χ1v) is 13.1. The van der Waals surface area contributed by atoms with Crippen LogP contribution < -0.4 is 10.2 Å². The normalized spacial score (nSPS) is 13.6. The minimum atomic E-state index is -1.15. The zero-order valence-electron chi connectivity index (χ0n) is 21.5. The molecule has 3 aromatic rings. The molecule has 9 nitrogen and oxygen atoms in total. The fourth-order valence-corrected chi connectivity index (χ4v) is 4.48. The van der Waals surface area contributed by atoms with E-state index >= 15 is 0 Å². The van der Waals surface area contributed by atoms with E-state index in [1.54, 1.807) is 37.3 Å². The van der Waals surface area contributed by atoms with Gasteiger partial charge in [0.25, 0.3) is 11.8 Å². The molecular weight excluding hydrogens is 566 g/mol. The number of carboxylic acid groups (broad SMARTS) is 1. The number of alkyl halides is 1. The molecule has 0 spiro atoms. The highest BCUT2D eigenvalue weighted by atomic mass is 79.9. The monoisotopic (exact) mass is 591 g/mol. The average molecular weight is 592 g/mol. The molecule has 39 heavy (non-hydrogen) atoms. The van der Waals surface area contributed by atoms with E-state index in [-0.39, 0.29) is 22.7 Å². The van der Waals surface area contributed by atoms with E-state index in [1.165, 1.54) is 25.1 Å². The van der Waals surface area contributed by atoms with Gasteiger partial charge in [-0.05, 0) is 54.4 Å². The highest BCUT2D eigenvalue weighted by Crippen LogP contribution is 2.42. The number of aromatic carboxylic acids is 1. The van der Waals surface area contributed by atoms with Crippen LogP contribution in [-0.2, 0) is 14.4 Å². The Bertz CT molecular complexity index is 1480. The Morgan fingerprint density at radius 2 is 1.69 bits per heavy atom. The van der Waals surface area contributed by atoms with Gasteiger partial charge in [0, 0.05) is 36.1 Å². The van der Waals surface area contributed by atoms with E-state index in [1.807, 2.05) is 30.3 Å². The van der Waals surface area contributed by atoms with Crippen molar-refractivity contribution in [2.45, 2.75) is 13.8 Å². The molecule has 2 N–H and O–H groups in total. The number of hydroxylamine groups is 2. The topological polar surface area (TPSA) is 116 Å². The molecule has 1 aliphatic heterocycles. The van der Waals surface area contributed by atoms with Gasteiger partial charge in [-0.1, -0.05) is 46.3 Å². The van der Waals surface area contributed by atoms with Gasteiger partial charge in [0.15, 0.2) is 0 Å². The molecule has 0 unspecified atom stereocenters. The lowest BCUT2D eigenvalue weighted by molar-refractivity contribution is -0.122. The second-order valence-corrected chi connectivity index (χ2v) is 9.59. The molecular formula is C29H26BrN3O6. The molecule has 4 rings (SSSR count). The summed E-state index contributed by atoms with van der Waals surface area (Å²) in [4.78, 5) is 57.0. The van der Waals surface area contributed by atoms with Crippen LogP contribution in [0.5, 0.6) is 0 Å². The summed E-state index contributed by atoms with van der Waals surface area (Å²) in [5, 5.41) is 14.7. The third-order valence-corrected chi connectivity index (χ3v) is 6.50. The number of imide groups is 1. The lowest BCUT2D eigenvalue weighted by Crippen LogP contribution is -2.31. The fraction of sp³-hybridized carbons (Fsp3) is 0.172. The van der Waals surface area contributed by atoms with Crippen molar-refractivity contribution in [2.75, 3.05) is 29.2 Å². The Labute approximate surface area is 233 Å². The van der Waals surface area contributed by atoms with E-state index in [0.717, 1.165) is 4.90 Å². The number of amides is 3. The zero-order chi connectivity index (χ0) is 28.3. The SMILES string of the molecule is CC(=O)N1C(=O)C(=C(Nc2ccc(C(=O)N(C)OCCBr)cc2)c2ccccc2)c2cc(C)c(C(=O)O)cc21. The predicted molar refractivity (Wildman–Crippen MR) is 151 cm³/mol. The number of aryl methyl sites for hydroxylation is 1. The van der Waals surface area contributed by atoms with Crippen LogP contribution in [0, 0.1) is 6.92 Å². The Morgan fingerprint density at radius 3 is 2.28 bits per heavy atom. The number of nitrogens with one attached hydrogen (secondary N) is 1. The Balaban J connectivity index is 1.82. The summed E-state index contributed by atoms with van der Waals surface area (Å²) in [5.41, 5.74) is 3.48. The van der Waals surface area contributed by atoms with Gasteiger partial charge in [0.05, 0.1) is 29.1 Å². The molecule has 3 amide bonds. The van der Waals surface area contributed by atoms with Gasteiger partial charge in [-0.15, -0.1) is 0 Å². The maximum Gasteiger partial charge on any atom is 0.336 e. The first-order chi connectivity index (χ1) is 18.6. The molecule has 0 atom stereocenters. The van der Waals surface area contributed by atoms with E-state index in [9.17, 15) is 24.3 Å². The van der Waals surface area contributed by atoms with Crippen LogP contribution in [0.2, 0.25) is 0 Å². The van der Waals surface area contributed by atoms with Crippen LogP contribution in [-0.4, -0.2) is 52.8 Å². The Morgan fingerprint density at radius 1 is 1.03 bits per heavy atom. The number of hydrogen-bond acceptors (Lipinski definition) is 6. The molecule has 3 aromatic carbocycles. The summed E-state index contributed by atoms with van der Waals surface area (Å²) in [7, 11) is 1.54. The molecule has 1 aliphatic rings. The number of rotatable bonds is 8. The number of benzene rings is 3. The van der Waals surface area contributed by atoms with Crippen molar-refractivity contribution in [3.8, 4) is 0 Å². The van der Waals surface area contributed by atoms with Crippen LogP contribution >= 0.6 is 15.9 Å². The largest absolute Gasteiger partial charge is 0.478 e. The summed E-state index contributed by atoms with van der Waals surface area (Å²) in [6, 6.07) is 18.8. The molecule has 200 valence electrons.